The van der Waals surface area contributed by atoms with Crippen molar-refractivity contribution in [3.8, 4) is 0 Å². The van der Waals surface area contributed by atoms with Crippen LogP contribution in [0.1, 0.15) is 45.4 Å². The number of carbonyl (C=O) groups is 2. The fourth-order valence-electron chi connectivity index (χ4n) is 3.21. The molecule has 1 saturated carbocycles. The number of allylic oxidation sites excluding steroid dienone is 4. The Balaban J connectivity index is 2.54. The highest BCUT2D eigenvalue weighted by Crippen LogP contribution is 2.34. The molecule has 5 nitrogen and oxygen atoms in total. The second-order valence-corrected chi connectivity index (χ2v) is 7.17. The molecular weight excluding hydrogens is 344 g/mol. The van der Waals surface area contributed by atoms with Gasteiger partial charge in [0.25, 0.3) is 0 Å². The van der Waals surface area contributed by atoms with Gasteiger partial charge in [-0.3, -0.25) is 9.59 Å². The van der Waals surface area contributed by atoms with Crippen LogP contribution in [0.25, 0.3) is 0 Å². The van der Waals surface area contributed by atoms with E-state index in [1.807, 2.05) is 24.3 Å². The maximum Gasteiger partial charge on any atom is 0.305 e. The average molecular weight is 376 g/mol. The van der Waals surface area contributed by atoms with Gasteiger partial charge >= 0.3 is 5.97 Å². The minimum Gasteiger partial charge on any atom is -0.469 e. The number of aliphatic hydroxyl groups is 2. The Kier molecular flexibility index (Phi) is 9.97. The minimum absolute atomic E-state index is 0.0819. The molecule has 0 unspecified atom stereocenters. The van der Waals surface area contributed by atoms with Gasteiger partial charge in [-0.05, 0) is 32.6 Å². The lowest BCUT2D eigenvalue weighted by Gasteiger charge is -2.19. The Bertz CT molecular complexity index is 586. The minimum atomic E-state index is -0.990. The summed E-state index contributed by atoms with van der Waals surface area (Å²) in [5.74, 6) is -0.591. The smallest absolute Gasteiger partial charge is 0.305 e. The van der Waals surface area contributed by atoms with Gasteiger partial charge < -0.3 is 14.9 Å². The van der Waals surface area contributed by atoms with E-state index in [4.69, 9.17) is 0 Å². The van der Waals surface area contributed by atoms with Crippen LogP contribution < -0.4 is 0 Å². The van der Waals surface area contributed by atoms with E-state index in [1.165, 1.54) is 7.11 Å². The summed E-state index contributed by atoms with van der Waals surface area (Å²) in [6, 6.07) is 0. The Morgan fingerprint density at radius 3 is 2.70 bits per heavy atom. The molecule has 1 aliphatic rings. The summed E-state index contributed by atoms with van der Waals surface area (Å²) in [4.78, 5) is 23.2. The van der Waals surface area contributed by atoms with Crippen LogP contribution in [0, 0.1) is 11.8 Å². The molecule has 0 saturated heterocycles. The molecule has 0 spiro atoms. The number of ketones is 1. The summed E-state index contributed by atoms with van der Waals surface area (Å²) in [6.07, 6.45) is 14.8. The highest BCUT2D eigenvalue weighted by molar-refractivity contribution is 5.84. The lowest BCUT2D eigenvalue weighted by molar-refractivity contribution is -0.140. The summed E-state index contributed by atoms with van der Waals surface area (Å²) in [5.41, 5.74) is -0.990. The predicted molar refractivity (Wildman–Crippen MR) is 106 cm³/mol. The first kappa shape index (κ1) is 23.1. The van der Waals surface area contributed by atoms with Crippen molar-refractivity contribution < 1.29 is 24.5 Å². The molecule has 0 heterocycles. The van der Waals surface area contributed by atoms with Crippen LogP contribution in [0.2, 0.25) is 0 Å². The predicted octanol–water partition coefficient (Wildman–Crippen LogP) is 3.28. The average Bonchev–Trinajstić information content (AvgIpc) is 2.89. The van der Waals surface area contributed by atoms with Gasteiger partial charge in [-0.25, -0.2) is 0 Å². The topological polar surface area (TPSA) is 83.8 Å². The number of hydrogen-bond donors (Lipinski definition) is 2. The molecule has 0 amide bonds. The van der Waals surface area contributed by atoms with Crippen LogP contribution >= 0.6 is 0 Å². The van der Waals surface area contributed by atoms with Crippen molar-refractivity contribution in [2.24, 2.45) is 11.8 Å². The van der Waals surface area contributed by atoms with Crippen LogP contribution in [-0.4, -0.2) is 40.8 Å². The SMILES string of the molecule is C=C/C=C/[C@](C)(O)C/C=C/[C@H]1[C@H](O)CC(=O)[C@@H]1CC/C=C\CCC(=O)OC. The van der Waals surface area contributed by atoms with E-state index < -0.39 is 11.7 Å². The van der Waals surface area contributed by atoms with Crippen molar-refractivity contribution in [3.63, 3.8) is 0 Å². The van der Waals surface area contributed by atoms with Crippen LogP contribution in [0.15, 0.2) is 49.1 Å². The van der Waals surface area contributed by atoms with E-state index in [9.17, 15) is 19.8 Å². The Morgan fingerprint density at radius 2 is 2.04 bits per heavy atom. The van der Waals surface area contributed by atoms with E-state index in [2.05, 4.69) is 11.3 Å². The molecular formula is C22H32O5. The van der Waals surface area contributed by atoms with Gasteiger partial charge in [0.2, 0.25) is 0 Å². The molecule has 0 aliphatic heterocycles. The first-order chi connectivity index (χ1) is 12.8. The molecule has 0 aromatic carbocycles. The number of aliphatic hydroxyl groups excluding tert-OH is 1. The number of Topliss-reactive ketones (excluding diaryl/α,β-unsaturated/α-hetero) is 1. The molecule has 0 aromatic rings. The van der Waals surface area contributed by atoms with E-state index in [1.54, 1.807) is 25.2 Å². The summed E-state index contributed by atoms with van der Waals surface area (Å²) in [6.45, 7) is 5.28. The Morgan fingerprint density at radius 1 is 1.33 bits per heavy atom. The zero-order chi connectivity index (χ0) is 20.3. The molecule has 1 aliphatic carbocycles. The number of rotatable bonds is 11. The third-order valence-corrected chi connectivity index (χ3v) is 4.77. The molecule has 2 N–H and O–H groups in total. The molecule has 0 aromatic heterocycles. The molecule has 0 bridgehead atoms. The zero-order valence-electron chi connectivity index (χ0n) is 16.3. The fraction of sp³-hybridized carbons (Fsp3) is 0.545. The standard InChI is InChI=1S/C22H32O5/c1-4-5-14-22(2,26)15-10-12-18-17(19(23)16-20(18)24)11-8-6-7-9-13-21(25)27-3/h4-7,10,12,14,17-18,20,24,26H,1,8-9,11,13,15-16H2,2-3H3/b7-6-,12-10+,14-5+/t17-,18-,20-,22+/m1/s1. The van der Waals surface area contributed by atoms with Crippen molar-refractivity contribution >= 4 is 11.8 Å². The number of hydrogen-bond acceptors (Lipinski definition) is 5. The van der Waals surface area contributed by atoms with Crippen molar-refractivity contribution in [2.75, 3.05) is 7.11 Å². The van der Waals surface area contributed by atoms with Gasteiger partial charge in [-0.2, -0.15) is 0 Å². The van der Waals surface area contributed by atoms with Crippen LogP contribution in [-0.2, 0) is 14.3 Å². The number of esters is 1. The van der Waals surface area contributed by atoms with Crippen molar-refractivity contribution in [1.82, 2.24) is 0 Å². The second kappa shape index (κ2) is 11.7. The molecule has 0 radical (unpaired) electrons. The molecule has 1 rings (SSSR count). The quantitative estimate of drug-likeness (QED) is 0.328. The van der Waals surface area contributed by atoms with Crippen LogP contribution in [0.5, 0.6) is 0 Å². The van der Waals surface area contributed by atoms with Gasteiger partial charge in [-0.1, -0.05) is 49.1 Å². The van der Waals surface area contributed by atoms with Gasteiger partial charge in [0, 0.05) is 24.7 Å². The third kappa shape index (κ3) is 8.50. The van der Waals surface area contributed by atoms with Crippen molar-refractivity contribution in [1.29, 1.82) is 0 Å². The highest BCUT2D eigenvalue weighted by atomic mass is 16.5. The molecule has 1 fully saturated rings. The summed E-state index contributed by atoms with van der Waals surface area (Å²) in [7, 11) is 1.37. The van der Waals surface area contributed by atoms with E-state index in [0.717, 1.165) is 0 Å². The Labute approximate surface area is 162 Å². The van der Waals surface area contributed by atoms with E-state index in [-0.39, 0.29) is 30.0 Å². The van der Waals surface area contributed by atoms with Crippen molar-refractivity contribution in [2.45, 2.75) is 57.2 Å². The number of ether oxygens (including phenoxy) is 1. The first-order valence-corrected chi connectivity index (χ1v) is 9.42. The number of carbonyl (C=O) groups excluding carboxylic acids is 2. The number of methoxy groups -OCH3 is 1. The maximum atomic E-state index is 12.2. The van der Waals surface area contributed by atoms with Crippen LogP contribution in [0.3, 0.4) is 0 Å². The lowest BCUT2D eigenvalue weighted by atomic mass is 9.88. The van der Waals surface area contributed by atoms with Gasteiger partial charge in [0.05, 0.1) is 18.8 Å². The summed E-state index contributed by atoms with van der Waals surface area (Å²) < 4.78 is 4.58. The molecule has 4 atom stereocenters. The molecule has 150 valence electrons. The van der Waals surface area contributed by atoms with Crippen molar-refractivity contribution in [3.05, 3.63) is 49.1 Å². The maximum absolute atomic E-state index is 12.2. The van der Waals surface area contributed by atoms with E-state index >= 15 is 0 Å². The first-order valence-electron chi connectivity index (χ1n) is 9.42. The fourth-order valence-corrected chi connectivity index (χ4v) is 3.21. The summed E-state index contributed by atoms with van der Waals surface area (Å²) >= 11 is 0. The second-order valence-electron chi connectivity index (χ2n) is 7.17. The Hall–Kier alpha value is -1.98. The third-order valence-electron chi connectivity index (χ3n) is 4.77. The molecule has 27 heavy (non-hydrogen) atoms. The van der Waals surface area contributed by atoms with Gasteiger partial charge in [-0.15, -0.1) is 0 Å². The lowest BCUT2D eigenvalue weighted by Crippen LogP contribution is -2.21. The van der Waals surface area contributed by atoms with Gasteiger partial charge in [0.15, 0.2) is 0 Å². The highest BCUT2D eigenvalue weighted by Gasteiger charge is 2.39. The largest absolute Gasteiger partial charge is 0.469 e. The molecule has 5 heteroatoms. The summed E-state index contributed by atoms with van der Waals surface area (Å²) in [5, 5.41) is 20.4. The monoisotopic (exact) mass is 376 g/mol. The normalized spacial score (nSPS) is 25.5. The zero-order valence-corrected chi connectivity index (χ0v) is 16.3. The van der Waals surface area contributed by atoms with Crippen LogP contribution in [0.4, 0.5) is 0 Å². The van der Waals surface area contributed by atoms with Gasteiger partial charge in [0.1, 0.15) is 5.78 Å². The van der Waals surface area contributed by atoms with E-state index in [0.29, 0.717) is 32.1 Å².